The summed E-state index contributed by atoms with van der Waals surface area (Å²) in [6.45, 7) is 3.39. The van der Waals surface area contributed by atoms with Gasteiger partial charge in [-0.3, -0.25) is 0 Å². The summed E-state index contributed by atoms with van der Waals surface area (Å²) in [6.07, 6.45) is 5.40. The van der Waals surface area contributed by atoms with Crippen molar-refractivity contribution in [2.24, 2.45) is 5.92 Å². The van der Waals surface area contributed by atoms with Gasteiger partial charge in [0, 0.05) is 13.1 Å². The lowest BCUT2D eigenvalue weighted by atomic mass is 10.0. The van der Waals surface area contributed by atoms with E-state index in [0.717, 1.165) is 51.9 Å². The van der Waals surface area contributed by atoms with Crippen LogP contribution in [0.3, 0.4) is 0 Å². The molecular weight excluding hydrogens is 260 g/mol. The largest absolute Gasteiger partial charge is 0.316 e. The first kappa shape index (κ1) is 15.2. The third-order valence-corrected chi connectivity index (χ3v) is 5.60. The number of nitrogens with one attached hydrogen (secondary N) is 1. The summed E-state index contributed by atoms with van der Waals surface area (Å²) in [5, 5.41) is 3.28. The van der Waals surface area contributed by atoms with Crippen molar-refractivity contribution in [1.82, 2.24) is 9.62 Å². The molecule has 1 unspecified atom stereocenters. The molecule has 0 aromatic heterocycles. The van der Waals surface area contributed by atoms with E-state index in [2.05, 4.69) is 5.32 Å². The minimum absolute atomic E-state index is 0. The number of nitrogens with zero attached hydrogens (tertiary/aromatic N) is 1. The SMILES string of the molecule is Cl.O=S(=O)(CC1CCCNC1)N1CCCCC1. The van der Waals surface area contributed by atoms with Crippen molar-refractivity contribution in [3.8, 4) is 0 Å². The van der Waals surface area contributed by atoms with E-state index in [1.54, 1.807) is 4.31 Å². The van der Waals surface area contributed by atoms with Crippen LogP contribution in [0.1, 0.15) is 32.1 Å². The van der Waals surface area contributed by atoms with E-state index < -0.39 is 10.0 Å². The number of hydrogen-bond acceptors (Lipinski definition) is 3. The highest BCUT2D eigenvalue weighted by Crippen LogP contribution is 2.18. The summed E-state index contributed by atoms with van der Waals surface area (Å²) >= 11 is 0. The summed E-state index contributed by atoms with van der Waals surface area (Å²) in [5.74, 6) is 0.667. The van der Waals surface area contributed by atoms with Crippen molar-refractivity contribution in [1.29, 1.82) is 0 Å². The second-order valence-corrected chi connectivity index (χ2v) is 6.96. The molecule has 0 radical (unpaired) electrons. The number of sulfonamides is 1. The summed E-state index contributed by atoms with van der Waals surface area (Å²) in [7, 11) is -2.99. The number of rotatable bonds is 3. The van der Waals surface area contributed by atoms with Crippen molar-refractivity contribution < 1.29 is 8.42 Å². The summed E-state index contributed by atoms with van der Waals surface area (Å²) in [6, 6.07) is 0. The monoisotopic (exact) mass is 282 g/mol. The lowest BCUT2D eigenvalue weighted by Crippen LogP contribution is -2.41. The lowest BCUT2D eigenvalue weighted by Gasteiger charge is -2.29. The van der Waals surface area contributed by atoms with Crippen LogP contribution in [0.2, 0.25) is 0 Å². The Balaban J connectivity index is 0.00000144. The number of hydrogen-bond donors (Lipinski definition) is 1. The van der Waals surface area contributed by atoms with Crippen molar-refractivity contribution in [2.75, 3.05) is 31.9 Å². The Morgan fingerprint density at radius 3 is 2.41 bits per heavy atom. The maximum absolute atomic E-state index is 12.2. The van der Waals surface area contributed by atoms with Crippen LogP contribution in [-0.2, 0) is 10.0 Å². The van der Waals surface area contributed by atoms with E-state index in [-0.39, 0.29) is 12.4 Å². The molecule has 0 saturated carbocycles. The smallest absolute Gasteiger partial charge is 0.214 e. The van der Waals surface area contributed by atoms with E-state index >= 15 is 0 Å². The minimum atomic E-state index is -2.99. The van der Waals surface area contributed by atoms with Crippen molar-refractivity contribution in [3.63, 3.8) is 0 Å². The van der Waals surface area contributed by atoms with Gasteiger partial charge in [-0.1, -0.05) is 6.42 Å². The normalized spacial score (nSPS) is 27.4. The molecule has 2 aliphatic rings. The topological polar surface area (TPSA) is 49.4 Å². The molecule has 2 fully saturated rings. The zero-order valence-electron chi connectivity index (χ0n) is 10.2. The maximum atomic E-state index is 12.2. The van der Waals surface area contributed by atoms with Crippen LogP contribution in [0.15, 0.2) is 0 Å². The Hall–Kier alpha value is 0.160. The van der Waals surface area contributed by atoms with Gasteiger partial charge in [-0.15, -0.1) is 12.4 Å². The highest BCUT2D eigenvalue weighted by Gasteiger charge is 2.27. The molecule has 0 spiro atoms. The van der Waals surface area contributed by atoms with Crippen LogP contribution >= 0.6 is 12.4 Å². The second-order valence-electron chi connectivity index (χ2n) is 4.95. The van der Waals surface area contributed by atoms with Gasteiger partial charge in [-0.05, 0) is 44.7 Å². The van der Waals surface area contributed by atoms with E-state index in [9.17, 15) is 8.42 Å². The maximum Gasteiger partial charge on any atom is 0.214 e. The molecule has 0 aromatic rings. The first-order valence-electron chi connectivity index (χ1n) is 6.37. The summed E-state index contributed by atoms with van der Waals surface area (Å²) in [4.78, 5) is 0. The molecule has 4 nitrogen and oxygen atoms in total. The summed E-state index contributed by atoms with van der Waals surface area (Å²) < 4.78 is 26.0. The molecule has 1 N–H and O–H groups in total. The molecule has 2 aliphatic heterocycles. The van der Waals surface area contributed by atoms with Crippen LogP contribution < -0.4 is 5.32 Å². The Morgan fingerprint density at radius 1 is 1.12 bits per heavy atom. The Morgan fingerprint density at radius 2 is 1.82 bits per heavy atom. The standard InChI is InChI=1S/C11H22N2O2S.ClH/c14-16(15,13-7-2-1-3-8-13)10-11-5-4-6-12-9-11;/h11-12H,1-10H2;1H. The molecule has 2 heterocycles. The molecule has 0 aromatic carbocycles. The van der Waals surface area contributed by atoms with Crippen LogP contribution in [0.25, 0.3) is 0 Å². The highest BCUT2D eigenvalue weighted by atomic mass is 35.5. The summed E-state index contributed by atoms with van der Waals surface area (Å²) in [5.41, 5.74) is 0. The van der Waals surface area contributed by atoms with Gasteiger partial charge in [0.2, 0.25) is 10.0 Å². The average Bonchev–Trinajstić information content (AvgIpc) is 2.31. The van der Waals surface area contributed by atoms with Gasteiger partial charge in [0.1, 0.15) is 0 Å². The number of halogens is 1. The average molecular weight is 283 g/mol. The van der Waals surface area contributed by atoms with Gasteiger partial charge in [-0.25, -0.2) is 12.7 Å². The van der Waals surface area contributed by atoms with Gasteiger partial charge in [0.05, 0.1) is 5.75 Å². The molecule has 1 atom stereocenters. The number of piperidine rings is 2. The fourth-order valence-electron chi connectivity index (χ4n) is 2.61. The third-order valence-electron chi connectivity index (χ3n) is 3.55. The molecule has 2 rings (SSSR count). The first-order chi connectivity index (χ1) is 7.68. The van der Waals surface area contributed by atoms with Gasteiger partial charge in [0.25, 0.3) is 0 Å². The Bertz CT molecular complexity index is 309. The van der Waals surface area contributed by atoms with E-state index in [1.807, 2.05) is 0 Å². The molecule has 0 bridgehead atoms. The van der Waals surface area contributed by atoms with Crippen LogP contribution in [0, 0.1) is 5.92 Å². The fourth-order valence-corrected chi connectivity index (χ4v) is 4.52. The molecule has 0 aliphatic carbocycles. The lowest BCUT2D eigenvalue weighted by molar-refractivity contribution is 0.336. The van der Waals surface area contributed by atoms with Crippen LogP contribution in [-0.4, -0.2) is 44.7 Å². The highest BCUT2D eigenvalue weighted by molar-refractivity contribution is 7.89. The molecular formula is C11H23ClN2O2S. The van der Waals surface area contributed by atoms with Crippen molar-refractivity contribution >= 4 is 22.4 Å². The van der Waals surface area contributed by atoms with E-state index in [1.165, 1.54) is 6.42 Å². The Labute approximate surface area is 111 Å². The molecule has 6 heteroatoms. The second kappa shape index (κ2) is 6.92. The van der Waals surface area contributed by atoms with Crippen LogP contribution in [0.4, 0.5) is 0 Å². The van der Waals surface area contributed by atoms with Crippen LogP contribution in [0.5, 0.6) is 0 Å². The Kier molecular flexibility index (Phi) is 6.20. The predicted molar refractivity (Wildman–Crippen MR) is 72.1 cm³/mol. The zero-order chi connectivity index (χ0) is 11.4. The fraction of sp³-hybridized carbons (Fsp3) is 1.00. The zero-order valence-corrected chi connectivity index (χ0v) is 11.9. The molecule has 2 saturated heterocycles. The quantitative estimate of drug-likeness (QED) is 0.847. The van der Waals surface area contributed by atoms with Gasteiger partial charge in [0.15, 0.2) is 0 Å². The van der Waals surface area contributed by atoms with E-state index in [4.69, 9.17) is 0 Å². The van der Waals surface area contributed by atoms with Crippen molar-refractivity contribution in [2.45, 2.75) is 32.1 Å². The molecule has 17 heavy (non-hydrogen) atoms. The van der Waals surface area contributed by atoms with Crippen molar-refractivity contribution in [3.05, 3.63) is 0 Å². The first-order valence-corrected chi connectivity index (χ1v) is 7.98. The van der Waals surface area contributed by atoms with Gasteiger partial charge >= 0.3 is 0 Å². The molecule has 102 valence electrons. The minimum Gasteiger partial charge on any atom is -0.316 e. The predicted octanol–water partition coefficient (Wildman–Crippen LogP) is 1.22. The van der Waals surface area contributed by atoms with Gasteiger partial charge < -0.3 is 5.32 Å². The third kappa shape index (κ3) is 4.39. The van der Waals surface area contributed by atoms with E-state index in [0.29, 0.717) is 11.7 Å². The molecule has 0 amide bonds. The van der Waals surface area contributed by atoms with Gasteiger partial charge in [-0.2, -0.15) is 0 Å².